The number of nitrogens with one attached hydrogen (secondary N) is 1. The van der Waals surface area contributed by atoms with E-state index in [0.717, 1.165) is 16.5 Å². The molecule has 2 aromatic carbocycles. The Hall–Kier alpha value is -2.30. The first kappa shape index (κ1) is 15.6. The zero-order chi connectivity index (χ0) is 16.4. The topological polar surface area (TPSA) is 68.1 Å². The maximum atomic E-state index is 12.5. The summed E-state index contributed by atoms with van der Waals surface area (Å²) >= 11 is 6.09. The fourth-order valence-electron chi connectivity index (χ4n) is 2.67. The van der Waals surface area contributed by atoms with Gasteiger partial charge in [-0.2, -0.15) is 0 Å². The molecule has 0 bridgehead atoms. The molecule has 3 aromatic rings. The Morgan fingerprint density at radius 1 is 1.22 bits per heavy atom. The number of halogens is 1. The molecule has 3 N–H and O–H groups in total. The number of aryl methyl sites for hydroxylation is 1. The van der Waals surface area contributed by atoms with Gasteiger partial charge in [0.05, 0.1) is 11.1 Å². The molecule has 0 aliphatic heterocycles. The maximum Gasteiger partial charge on any atom is 0.256 e. The molecule has 0 saturated heterocycles. The molecule has 0 radical (unpaired) electrons. The highest BCUT2D eigenvalue weighted by Crippen LogP contribution is 2.35. The lowest BCUT2D eigenvalue weighted by Gasteiger charge is -2.15. The van der Waals surface area contributed by atoms with E-state index in [1.54, 1.807) is 18.2 Å². The fraction of sp³-hybridized carbons (Fsp3) is 0.167. The third-order valence-electron chi connectivity index (χ3n) is 3.69. The van der Waals surface area contributed by atoms with Crippen LogP contribution < -0.4 is 16.0 Å². The van der Waals surface area contributed by atoms with E-state index in [1.807, 2.05) is 31.2 Å². The molecule has 1 heterocycles. The van der Waals surface area contributed by atoms with Gasteiger partial charge in [0.15, 0.2) is 5.75 Å². The lowest BCUT2D eigenvalue weighted by Crippen LogP contribution is -2.15. The quantitative estimate of drug-likeness (QED) is 0.770. The predicted molar refractivity (Wildman–Crippen MR) is 94.3 cm³/mol. The zero-order valence-corrected chi connectivity index (χ0v) is 13.5. The van der Waals surface area contributed by atoms with Gasteiger partial charge in [-0.05, 0) is 30.7 Å². The summed E-state index contributed by atoms with van der Waals surface area (Å²) in [5.74, 6) is 0.630. The predicted octanol–water partition coefficient (Wildman–Crippen LogP) is 3.49. The van der Waals surface area contributed by atoms with Gasteiger partial charge in [-0.25, -0.2) is 0 Å². The van der Waals surface area contributed by atoms with E-state index in [4.69, 9.17) is 22.1 Å². The molecule has 3 rings (SSSR count). The van der Waals surface area contributed by atoms with Crippen molar-refractivity contribution in [3.63, 3.8) is 0 Å². The smallest absolute Gasteiger partial charge is 0.256 e. The van der Waals surface area contributed by atoms with E-state index in [0.29, 0.717) is 35.0 Å². The van der Waals surface area contributed by atoms with Gasteiger partial charge in [-0.15, -0.1) is 0 Å². The second kappa shape index (κ2) is 6.44. The second-order valence-corrected chi connectivity index (χ2v) is 5.74. The SMILES string of the molecule is Cc1cccc2c(=O)[nH]c(-c3cccc(Cl)c3)c(OCCN)c12. The molecule has 0 spiro atoms. The minimum Gasteiger partial charge on any atom is -0.489 e. The van der Waals surface area contributed by atoms with Gasteiger partial charge in [-0.1, -0.05) is 35.9 Å². The summed E-state index contributed by atoms with van der Waals surface area (Å²) < 4.78 is 5.89. The third-order valence-corrected chi connectivity index (χ3v) is 3.92. The van der Waals surface area contributed by atoms with Crippen molar-refractivity contribution in [2.45, 2.75) is 6.92 Å². The Kier molecular flexibility index (Phi) is 4.37. The number of hydrogen-bond acceptors (Lipinski definition) is 3. The van der Waals surface area contributed by atoms with Crippen molar-refractivity contribution in [3.8, 4) is 17.0 Å². The molecule has 23 heavy (non-hydrogen) atoms. The molecule has 0 unspecified atom stereocenters. The Balaban J connectivity index is 2.36. The molecular weight excluding hydrogens is 312 g/mol. The number of nitrogens with two attached hydrogens (primary N) is 1. The molecular formula is C18H17ClN2O2. The van der Waals surface area contributed by atoms with E-state index in [2.05, 4.69) is 4.98 Å². The van der Waals surface area contributed by atoms with Crippen LogP contribution in [0.5, 0.6) is 5.75 Å². The number of ether oxygens (including phenoxy) is 1. The summed E-state index contributed by atoms with van der Waals surface area (Å²) in [5, 5.41) is 2.00. The lowest BCUT2D eigenvalue weighted by atomic mass is 10.0. The Labute approximate surface area is 138 Å². The number of pyridine rings is 1. The average Bonchev–Trinajstić information content (AvgIpc) is 2.54. The van der Waals surface area contributed by atoms with Crippen molar-refractivity contribution < 1.29 is 4.74 Å². The summed E-state index contributed by atoms with van der Waals surface area (Å²) in [5.41, 5.74) is 7.82. The highest BCUT2D eigenvalue weighted by Gasteiger charge is 2.16. The number of rotatable bonds is 4. The minimum absolute atomic E-state index is 0.154. The molecule has 5 heteroatoms. The minimum atomic E-state index is -0.154. The standard InChI is InChI=1S/C18H17ClN2O2/c1-11-4-2-7-14-15(11)17(23-9-8-20)16(21-18(14)22)12-5-3-6-13(19)10-12/h2-7,10H,8-9,20H2,1H3,(H,21,22). The van der Waals surface area contributed by atoms with Gasteiger partial charge in [0.2, 0.25) is 0 Å². The van der Waals surface area contributed by atoms with Gasteiger partial charge >= 0.3 is 0 Å². The number of benzene rings is 2. The highest BCUT2D eigenvalue weighted by atomic mass is 35.5. The van der Waals surface area contributed by atoms with E-state index in [9.17, 15) is 4.79 Å². The second-order valence-electron chi connectivity index (χ2n) is 5.30. The van der Waals surface area contributed by atoms with Crippen molar-refractivity contribution in [1.82, 2.24) is 4.98 Å². The summed E-state index contributed by atoms with van der Waals surface area (Å²) in [7, 11) is 0. The van der Waals surface area contributed by atoms with E-state index >= 15 is 0 Å². The average molecular weight is 329 g/mol. The molecule has 0 atom stereocenters. The van der Waals surface area contributed by atoms with Crippen molar-refractivity contribution in [1.29, 1.82) is 0 Å². The summed E-state index contributed by atoms with van der Waals surface area (Å²) in [6.07, 6.45) is 0. The monoisotopic (exact) mass is 328 g/mol. The van der Waals surface area contributed by atoms with Crippen molar-refractivity contribution in [2.75, 3.05) is 13.2 Å². The fourth-order valence-corrected chi connectivity index (χ4v) is 2.86. The Morgan fingerprint density at radius 3 is 2.74 bits per heavy atom. The van der Waals surface area contributed by atoms with Crippen LogP contribution in [-0.4, -0.2) is 18.1 Å². The van der Waals surface area contributed by atoms with E-state index in [-0.39, 0.29) is 5.56 Å². The molecule has 0 aliphatic carbocycles. The van der Waals surface area contributed by atoms with Crippen LogP contribution >= 0.6 is 11.6 Å². The summed E-state index contributed by atoms with van der Waals surface area (Å²) in [6, 6.07) is 12.9. The number of fused-ring (bicyclic) bond motifs is 1. The lowest BCUT2D eigenvalue weighted by molar-refractivity contribution is 0.332. The Morgan fingerprint density at radius 2 is 2.00 bits per heavy atom. The molecule has 4 nitrogen and oxygen atoms in total. The third kappa shape index (κ3) is 2.96. The van der Waals surface area contributed by atoms with Crippen LogP contribution in [-0.2, 0) is 0 Å². The van der Waals surface area contributed by atoms with Crippen molar-refractivity contribution in [3.05, 3.63) is 63.4 Å². The molecule has 0 amide bonds. The van der Waals surface area contributed by atoms with E-state index < -0.39 is 0 Å². The van der Waals surface area contributed by atoms with Gasteiger partial charge in [-0.3, -0.25) is 4.79 Å². The molecule has 0 fully saturated rings. The van der Waals surface area contributed by atoms with Gasteiger partial charge in [0.25, 0.3) is 5.56 Å². The van der Waals surface area contributed by atoms with Gasteiger partial charge < -0.3 is 15.5 Å². The highest BCUT2D eigenvalue weighted by molar-refractivity contribution is 6.30. The van der Waals surface area contributed by atoms with Crippen molar-refractivity contribution >= 4 is 22.4 Å². The van der Waals surface area contributed by atoms with Crippen LogP contribution in [0.1, 0.15) is 5.56 Å². The number of hydrogen-bond donors (Lipinski definition) is 2. The van der Waals surface area contributed by atoms with Crippen LogP contribution in [0.2, 0.25) is 5.02 Å². The van der Waals surface area contributed by atoms with Crippen LogP contribution in [0.25, 0.3) is 22.0 Å². The van der Waals surface area contributed by atoms with E-state index in [1.165, 1.54) is 0 Å². The first-order valence-corrected chi connectivity index (χ1v) is 7.74. The molecule has 1 aromatic heterocycles. The zero-order valence-electron chi connectivity index (χ0n) is 12.7. The van der Waals surface area contributed by atoms with Crippen LogP contribution in [0, 0.1) is 6.92 Å². The Bertz CT molecular complexity index is 919. The largest absolute Gasteiger partial charge is 0.489 e. The first-order valence-electron chi connectivity index (χ1n) is 7.36. The number of aromatic amines is 1. The maximum absolute atomic E-state index is 12.5. The first-order chi connectivity index (χ1) is 11.1. The molecule has 0 saturated carbocycles. The van der Waals surface area contributed by atoms with Crippen LogP contribution in [0.3, 0.4) is 0 Å². The van der Waals surface area contributed by atoms with Gasteiger partial charge in [0, 0.05) is 22.5 Å². The molecule has 0 aliphatic rings. The normalized spacial score (nSPS) is 10.9. The van der Waals surface area contributed by atoms with Gasteiger partial charge in [0.1, 0.15) is 6.61 Å². The summed E-state index contributed by atoms with van der Waals surface area (Å²) in [6.45, 7) is 2.71. The van der Waals surface area contributed by atoms with Crippen LogP contribution in [0.4, 0.5) is 0 Å². The number of H-pyrrole nitrogens is 1. The number of aromatic nitrogens is 1. The summed E-state index contributed by atoms with van der Waals surface area (Å²) in [4.78, 5) is 15.4. The molecule has 118 valence electrons. The van der Waals surface area contributed by atoms with Crippen molar-refractivity contribution in [2.24, 2.45) is 5.73 Å². The van der Waals surface area contributed by atoms with Crippen LogP contribution in [0.15, 0.2) is 47.3 Å².